The Hall–Kier alpha value is -4.92. The van der Waals surface area contributed by atoms with Crippen LogP contribution < -0.4 is 20.5 Å². The number of nitro groups is 1. The van der Waals surface area contributed by atoms with Gasteiger partial charge < -0.3 is 20.7 Å². The minimum atomic E-state index is -4.47. The third-order valence-corrected chi connectivity index (χ3v) is 10.3. The molecule has 4 rings (SSSR count). The van der Waals surface area contributed by atoms with Gasteiger partial charge in [0.25, 0.3) is 21.6 Å². The van der Waals surface area contributed by atoms with Crippen LogP contribution in [-0.4, -0.2) is 69.6 Å². The number of nitrogens with two attached hydrogens (primary N) is 1. The molecule has 0 heterocycles. The Morgan fingerprint density at radius 1 is 0.980 bits per heavy atom. The normalized spacial score (nSPS) is 11.8. The molecule has 264 valence electrons. The number of ether oxygens (including phenoxy) is 1. The molecule has 0 spiro atoms. The zero-order chi connectivity index (χ0) is 36.3. The molecule has 0 radical (unpaired) electrons. The smallest absolute Gasteiger partial charge is 0.293 e. The molecule has 12 nitrogen and oxygen atoms in total. The number of sulfonamides is 1. The molecule has 0 aliphatic heterocycles. The number of hydrogen-bond donors (Lipinski definition) is 3. The van der Waals surface area contributed by atoms with Crippen molar-refractivity contribution in [1.82, 2.24) is 9.62 Å². The lowest BCUT2D eigenvalue weighted by atomic mass is 10.00. The summed E-state index contributed by atoms with van der Waals surface area (Å²) in [5.74, 6) is 0.203. The maximum atomic E-state index is 13.2. The van der Waals surface area contributed by atoms with Crippen molar-refractivity contribution in [3.05, 3.63) is 112 Å². The van der Waals surface area contributed by atoms with Gasteiger partial charge in [0.1, 0.15) is 11.4 Å². The van der Waals surface area contributed by atoms with E-state index in [-0.39, 0.29) is 29.6 Å². The SMILES string of the molecule is COc1cc(CC(=O)N(C)C)ccc1-c1ccc(C(=O)NS(=O)(=O)c2ccc(N[C@H](CCCCN)CSc3ccccc3)c([N+](=O)[O-])c2)cc1. The highest BCUT2D eigenvalue weighted by molar-refractivity contribution is 7.99. The van der Waals surface area contributed by atoms with E-state index in [1.54, 1.807) is 44.1 Å². The Bertz CT molecular complexity index is 1900. The van der Waals surface area contributed by atoms with Gasteiger partial charge in [-0.1, -0.05) is 48.9 Å². The van der Waals surface area contributed by atoms with Gasteiger partial charge in [0.05, 0.1) is 23.3 Å². The molecule has 14 heteroatoms. The molecular formula is C36H41N5O7S2. The van der Waals surface area contributed by atoms with Crippen LogP contribution in [0, 0.1) is 10.1 Å². The zero-order valence-electron chi connectivity index (χ0n) is 28.1. The second-order valence-electron chi connectivity index (χ2n) is 11.7. The van der Waals surface area contributed by atoms with E-state index < -0.39 is 31.4 Å². The van der Waals surface area contributed by atoms with E-state index in [4.69, 9.17) is 10.5 Å². The molecule has 0 fully saturated rings. The molecule has 0 saturated heterocycles. The predicted octanol–water partition coefficient (Wildman–Crippen LogP) is 5.72. The van der Waals surface area contributed by atoms with Gasteiger partial charge in [-0.15, -0.1) is 11.8 Å². The molecule has 0 aliphatic rings. The van der Waals surface area contributed by atoms with Crippen LogP contribution in [-0.2, 0) is 21.2 Å². The van der Waals surface area contributed by atoms with Crippen LogP contribution in [0.5, 0.6) is 5.75 Å². The Morgan fingerprint density at radius 2 is 1.70 bits per heavy atom. The number of methoxy groups -OCH3 is 1. The third kappa shape index (κ3) is 10.3. The first-order valence-electron chi connectivity index (χ1n) is 15.9. The lowest BCUT2D eigenvalue weighted by molar-refractivity contribution is -0.384. The van der Waals surface area contributed by atoms with Crippen molar-refractivity contribution < 1.29 is 27.7 Å². The largest absolute Gasteiger partial charge is 0.496 e. The highest BCUT2D eigenvalue weighted by atomic mass is 32.2. The van der Waals surface area contributed by atoms with E-state index in [2.05, 4.69) is 5.32 Å². The van der Waals surface area contributed by atoms with Crippen molar-refractivity contribution in [2.75, 3.05) is 38.8 Å². The van der Waals surface area contributed by atoms with E-state index in [1.807, 2.05) is 47.2 Å². The Labute approximate surface area is 296 Å². The first-order valence-corrected chi connectivity index (χ1v) is 18.4. The van der Waals surface area contributed by atoms with Crippen LogP contribution >= 0.6 is 11.8 Å². The Kier molecular flexibility index (Phi) is 13.4. The maximum absolute atomic E-state index is 13.2. The van der Waals surface area contributed by atoms with Gasteiger partial charge in [0, 0.05) is 48.0 Å². The first-order chi connectivity index (χ1) is 23.9. The van der Waals surface area contributed by atoms with E-state index >= 15 is 0 Å². The maximum Gasteiger partial charge on any atom is 0.293 e. The molecule has 0 aliphatic carbocycles. The molecule has 1 atom stereocenters. The van der Waals surface area contributed by atoms with Crippen molar-refractivity contribution >= 4 is 45.0 Å². The van der Waals surface area contributed by atoms with Crippen molar-refractivity contribution in [2.24, 2.45) is 5.73 Å². The number of carbonyl (C=O) groups is 2. The number of unbranched alkanes of at least 4 members (excludes halogenated alkanes) is 1. The van der Waals surface area contributed by atoms with Crippen molar-refractivity contribution in [1.29, 1.82) is 0 Å². The van der Waals surface area contributed by atoms with Gasteiger partial charge in [-0.3, -0.25) is 19.7 Å². The number of amides is 2. The quantitative estimate of drug-likeness (QED) is 0.0530. The zero-order valence-corrected chi connectivity index (χ0v) is 29.8. The number of rotatable bonds is 17. The second kappa shape index (κ2) is 17.7. The monoisotopic (exact) mass is 719 g/mol. The average molecular weight is 720 g/mol. The van der Waals surface area contributed by atoms with Gasteiger partial charge in [0.2, 0.25) is 5.91 Å². The summed E-state index contributed by atoms with van der Waals surface area (Å²) in [6.07, 6.45) is 2.54. The number of hydrogen-bond acceptors (Lipinski definition) is 10. The Balaban J connectivity index is 1.48. The number of nitrogens with zero attached hydrogens (tertiary/aromatic N) is 2. The number of thioether (sulfide) groups is 1. The number of nitrogens with one attached hydrogen (secondary N) is 2. The van der Waals surface area contributed by atoms with Gasteiger partial charge >= 0.3 is 0 Å². The van der Waals surface area contributed by atoms with Crippen LogP contribution in [0.25, 0.3) is 11.1 Å². The molecular weight excluding hydrogens is 679 g/mol. The van der Waals surface area contributed by atoms with Crippen LogP contribution in [0.2, 0.25) is 0 Å². The third-order valence-electron chi connectivity index (χ3n) is 7.84. The summed E-state index contributed by atoms with van der Waals surface area (Å²) in [6.45, 7) is 0.533. The van der Waals surface area contributed by atoms with Crippen LogP contribution in [0.3, 0.4) is 0 Å². The van der Waals surface area contributed by atoms with Gasteiger partial charge in [-0.2, -0.15) is 0 Å². The minimum absolute atomic E-state index is 0.0521. The van der Waals surface area contributed by atoms with Gasteiger partial charge in [-0.05, 0) is 73.0 Å². The fourth-order valence-electron chi connectivity index (χ4n) is 5.08. The number of benzene rings is 4. The molecule has 4 aromatic carbocycles. The summed E-state index contributed by atoms with van der Waals surface area (Å²) in [5.41, 5.74) is 7.68. The molecule has 0 saturated carbocycles. The summed E-state index contributed by atoms with van der Waals surface area (Å²) in [5, 5.41) is 15.3. The number of likely N-dealkylation sites (N-methyl/N-ethyl adjacent to an activating group) is 1. The summed E-state index contributed by atoms with van der Waals surface area (Å²) in [7, 11) is 0.419. The molecule has 4 aromatic rings. The lowest BCUT2D eigenvalue weighted by Crippen LogP contribution is -2.30. The second-order valence-corrected chi connectivity index (χ2v) is 14.5. The summed E-state index contributed by atoms with van der Waals surface area (Å²) in [4.78, 5) is 38.8. The number of carbonyl (C=O) groups excluding carboxylic acids is 2. The van der Waals surface area contributed by atoms with E-state index in [1.165, 1.54) is 36.3 Å². The fourth-order valence-corrected chi connectivity index (χ4v) is 7.06. The molecule has 0 bridgehead atoms. The van der Waals surface area contributed by atoms with E-state index in [9.17, 15) is 28.1 Å². The van der Waals surface area contributed by atoms with Gasteiger partial charge in [-0.25, -0.2) is 13.1 Å². The van der Waals surface area contributed by atoms with Gasteiger partial charge in [0.15, 0.2) is 0 Å². The van der Waals surface area contributed by atoms with Crippen LogP contribution in [0.4, 0.5) is 11.4 Å². The highest BCUT2D eigenvalue weighted by Crippen LogP contribution is 2.32. The predicted molar refractivity (Wildman–Crippen MR) is 196 cm³/mol. The van der Waals surface area contributed by atoms with Crippen molar-refractivity contribution in [3.63, 3.8) is 0 Å². The lowest BCUT2D eigenvalue weighted by Gasteiger charge is -2.20. The molecule has 50 heavy (non-hydrogen) atoms. The number of nitro benzene ring substituents is 1. The van der Waals surface area contributed by atoms with Crippen molar-refractivity contribution in [3.8, 4) is 16.9 Å². The van der Waals surface area contributed by atoms with Crippen LogP contribution in [0.15, 0.2) is 101 Å². The fraction of sp³-hybridized carbons (Fsp3) is 0.278. The number of anilines is 1. The average Bonchev–Trinajstić information content (AvgIpc) is 3.10. The summed E-state index contributed by atoms with van der Waals surface area (Å²) in [6, 6.07) is 24.8. The summed E-state index contributed by atoms with van der Waals surface area (Å²) >= 11 is 1.61. The Morgan fingerprint density at radius 3 is 2.34 bits per heavy atom. The van der Waals surface area contributed by atoms with Crippen LogP contribution in [0.1, 0.15) is 35.2 Å². The van der Waals surface area contributed by atoms with E-state index in [0.717, 1.165) is 34.9 Å². The minimum Gasteiger partial charge on any atom is -0.496 e. The standard InChI is InChI=1S/C36H41N5O7S2/c1-40(2)35(42)22-25-12-18-31(34(21-25)48-3)26-13-15-27(16-14-26)36(43)39-50(46,47)30-17-19-32(33(23-30)41(44)45)38-28(9-7-8-20-37)24-49-29-10-5-4-6-11-29/h4-6,10-19,21,23,28,38H,7-9,20,22,24,37H2,1-3H3,(H,39,43)/t28-/m1/s1. The molecule has 0 aromatic heterocycles. The molecule has 0 unspecified atom stereocenters. The van der Waals surface area contributed by atoms with Crippen molar-refractivity contribution in [2.45, 2.75) is 41.5 Å². The first kappa shape index (κ1) is 37.9. The molecule has 2 amide bonds. The summed E-state index contributed by atoms with van der Waals surface area (Å²) < 4.78 is 34.1. The molecule has 4 N–H and O–H groups in total. The highest BCUT2D eigenvalue weighted by Gasteiger charge is 2.25. The van der Waals surface area contributed by atoms with E-state index in [0.29, 0.717) is 30.0 Å². The topological polar surface area (TPSA) is 174 Å².